The first-order valence-corrected chi connectivity index (χ1v) is 7.24. The van der Waals surface area contributed by atoms with Crippen LogP contribution in [0.2, 0.25) is 0 Å². The minimum absolute atomic E-state index is 0.263. The number of rotatable bonds is 1. The van der Waals surface area contributed by atoms with Crippen molar-refractivity contribution in [2.24, 2.45) is 16.7 Å². The summed E-state index contributed by atoms with van der Waals surface area (Å²) in [4.78, 5) is 12.5. The first kappa shape index (κ1) is 15.0. The van der Waals surface area contributed by atoms with Crippen LogP contribution in [0.25, 0.3) is 0 Å². The van der Waals surface area contributed by atoms with E-state index in [2.05, 4.69) is 5.32 Å². The molecule has 4 atom stereocenters. The largest absolute Gasteiger partial charge is 0.371 e. The van der Waals surface area contributed by atoms with Crippen LogP contribution in [-0.2, 0) is 4.79 Å². The maximum atomic E-state index is 12.5. The minimum atomic E-state index is -1.89. The number of nitriles is 3. The van der Waals surface area contributed by atoms with Gasteiger partial charge in [0.05, 0.1) is 18.2 Å². The van der Waals surface area contributed by atoms with Gasteiger partial charge in [0, 0.05) is 18.3 Å². The average molecular weight is 306 g/mol. The predicted octanol–water partition coefficient (Wildman–Crippen LogP) is 1.17. The Kier molecular flexibility index (Phi) is 2.98. The zero-order chi connectivity index (χ0) is 16.9. The molecule has 3 rings (SSSR count). The van der Waals surface area contributed by atoms with E-state index in [1.807, 2.05) is 18.2 Å². The predicted molar refractivity (Wildman–Crippen MR) is 77.8 cm³/mol. The van der Waals surface area contributed by atoms with Gasteiger partial charge in [0.2, 0.25) is 5.91 Å². The van der Waals surface area contributed by atoms with Crippen molar-refractivity contribution in [3.05, 3.63) is 35.9 Å². The van der Waals surface area contributed by atoms with Crippen molar-refractivity contribution < 1.29 is 9.90 Å². The van der Waals surface area contributed by atoms with E-state index in [1.54, 1.807) is 37.3 Å². The topological polar surface area (TPSA) is 121 Å². The van der Waals surface area contributed by atoms with Crippen LogP contribution in [0.5, 0.6) is 0 Å². The molecule has 1 saturated heterocycles. The third kappa shape index (κ3) is 1.55. The maximum absolute atomic E-state index is 12.5. The number of carbonyl (C=O) groups is 1. The van der Waals surface area contributed by atoms with Gasteiger partial charge in [-0.1, -0.05) is 37.3 Å². The summed E-state index contributed by atoms with van der Waals surface area (Å²) in [6.45, 7) is 1.69. The molecule has 0 spiro atoms. The fraction of sp³-hybridized carbons (Fsp3) is 0.412. The van der Waals surface area contributed by atoms with Crippen molar-refractivity contribution in [2.45, 2.75) is 25.0 Å². The Morgan fingerprint density at radius 1 is 1.17 bits per heavy atom. The maximum Gasteiger partial charge on any atom is 0.245 e. The van der Waals surface area contributed by atoms with Gasteiger partial charge < -0.3 is 10.4 Å². The second-order valence-corrected chi connectivity index (χ2v) is 6.28. The summed E-state index contributed by atoms with van der Waals surface area (Å²) in [7, 11) is 0. The fourth-order valence-electron chi connectivity index (χ4n) is 4.07. The van der Waals surface area contributed by atoms with Gasteiger partial charge in [0.1, 0.15) is 5.72 Å². The fourth-order valence-corrected chi connectivity index (χ4v) is 4.07. The quantitative estimate of drug-likeness (QED) is 0.806. The first-order valence-electron chi connectivity index (χ1n) is 7.24. The van der Waals surface area contributed by atoms with Crippen LogP contribution in [0.4, 0.5) is 0 Å². The molecule has 2 N–H and O–H groups in total. The molecule has 1 saturated carbocycles. The molecular weight excluding hydrogens is 292 g/mol. The van der Waals surface area contributed by atoms with Gasteiger partial charge in [0.25, 0.3) is 0 Å². The summed E-state index contributed by atoms with van der Waals surface area (Å²) in [5.41, 5.74) is -4.71. The van der Waals surface area contributed by atoms with Gasteiger partial charge >= 0.3 is 0 Å². The van der Waals surface area contributed by atoms with Crippen LogP contribution in [0.15, 0.2) is 30.3 Å². The van der Waals surface area contributed by atoms with E-state index in [0.717, 1.165) is 0 Å². The molecule has 23 heavy (non-hydrogen) atoms. The lowest BCUT2D eigenvalue weighted by Crippen LogP contribution is -2.56. The van der Waals surface area contributed by atoms with Crippen LogP contribution in [0, 0.1) is 50.7 Å². The van der Waals surface area contributed by atoms with Crippen LogP contribution >= 0.6 is 0 Å². The molecule has 2 bridgehead atoms. The molecule has 2 aliphatic rings. The first-order chi connectivity index (χ1) is 10.9. The second-order valence-electron chi connectivity index (χ2n) is 6.28. The number of hydrogen-bond donors (Lipinski definition) is 2. The number of nitrogens with one attached hydrogen (secondary N) is 1. The summed E-state index contributed by atoms with van der Waals surface area (Å²) < 4.78 is 0. The Morgan fingerprint density at radius 3 is 2.30 bits per heavy atom. The monoisotopic (exact) mass is 306 g/mol. The number of hydrogen-bond acceptors (Lipinski definition) is 5. The molecule has 1 aromatic rings. The van der Waals surface area contributed by atoms with E-state index in [4.69, 9.17) is 0 Å². The number of benzene rings is 1. The molecule has 114 valence electrons. The molecule has 1 aliphatic heterocycles. The standard InChI is InChI=1S/C17H14N4O2/c1-11-13(12-5-3-2-4-6-12)16(9-19,10-20)15(8-18)7-17(11,23)21-14(15)22/h2-6,11,13,23H,7H2,1H3,(H,21,22)/t11-,13-,15-,17-/m1/s1. The van der Waals surface area contributed by atoms with E-state index in [0.29, 0.717) is 5.56 Å². The smallest absolute Gasteiger partial charge is 0.245 e. The Morgan fingerprint density at radius 2 is 1.78 bits per heavy atom. The molecule has 6 nitrogen and oxygen atoms in total. The summed E-state index contributed by atoms with van der Waals surface area (Å²) in [5.74, 6) is -2.12. The van der Waals surface area contributed by atoms with E-state index in [9.17, 15) is 25.7 Å². The van der Waals surface area contributed by atoms with E-state index in [1.165, 1.54) is 0 Å². The lowest BCUT2D eigenvalue weighted by molar-refractivity contribution is -0.128. The van der Waals surface area contributed by atoms with Crippen molar-refractivity contribution in [3.63, 3.8) is 0 Å². The van der Waals surface area contributed by atoms with Crippen LogP contribution in [-0.4, -0.2) is 16.7 Å². The van der Waals surface area contributed by atoms with Gasteiger partial charge in [-0.3, -0.25) is 4.79 Å². The normalized spacial score (nSPS) is 37.1. The van der Waals surface area contributed by atoms with E-state index >= 15 is 0 Å². The van der Waals surface area contributed by atoms with E-state index in [-0.39, 0.29) is 6.42 Å². The molecule has 0 aromatic heterocycles. The highest BCUT2D eigenvalue weighted by Gasteiger charge is 2.76. The highest BCUT2D eigenvalue weighted by Crippen LogP contribution is 2.64. The van der Waals surface area contributed by atoms with Crippen molar-refractivity contribution in [3.8, 4) is 18.2 Å². The number of aliphatic hydroxyl groups is 1. The number of carbonyl (C=O) groups excluding carboxylic acids is 1. The Balaban J connectivity index is 2.35. The van der Waals surface area contributed by atoms with Crippen LogP contribution in [0.1, 0.15) is 24.8 Å². The molecule has 6 heteroatoms. The number of amides is 1. The van der Waals surface area contributed by atoms with E-state index < -0.39 is 34.3 Å². The van der Waals surface area contributed by atoms with Gasteiger partial charge in [-0.2, -0.15) is 15.8 Å². The van der Waals surface area contributed by atoms with Gasteiger partial charge in [0.15, 0.2) is 10.8 Å². The third-order valence-corrected chi connectivity index (χ3v) is 5.35. The Hall–Kier alpha value is -2.88. The highest BCUT2D eigenvalue weighted by molar-refractivity contribution is 5.92. The molecule has 1 aliphatic carbocycles. The molecule has 1 aromatic carbocycles. The van der Waals surface area contributed by atoms with Crippen molar-refractivity contribution in [2.75, 3.05) is 0 Å². The summed E-state index contributed by atoms with van der Waals surface area (Å²) in [6, 6.07) is 14.6. The highest BCUT2D eigenvalue weighted by atomic mass is 16.3. The molecule has 0 radical (unpaired) electrons. The zero-order valence-corrected chi connectivity index (χ0v) is 12.4. The molecule has 1 heterocycles. The number of nitrogens with zero attached hydrogens (tertiary/aromatic N) is 3. The van der Waals surface area contributed by atoms with Crippen LogP contribution < -0.4 is 5.32 Å². The Labute approximate surface area is 133 Å². The molecule has 1 amide bonds. The van der Waals surface area contributed by atoms with Gasteiger partial charge in [-0.05, 0) is 5.56 Å². The van der Waals surface area contributed by atoms with Gasteiger partial charge in [-0.15, -0.1) is 0 Å². The molecule has 0 unspecified atom stereocenters. The van der Waals surface area contributed by atoms with Crippen molar-refractivity contribution >= 4 is 5.91 Å². The minimum Gasteiger partial charge on any atom is -0.371 e. The average Bonchev–Trinajstić information content (AvgIpc) is 2.82. The summed E-state index contributed by atoms with van der Waals surface area (Å²) >= 11 is 0. The SMILES string of the molecule is C[C@@H]1[C@H](c2ccccc2)C(C#N)(C#N)[C@@]2(C#N)C[C@]1(O)NC2=O. The van der Waals surface area contributed by atoms with Crippen molar-refractivity contribution in [1.82, 2.24) is 5.32 Å². The zero-order valence-electron chi connectivity index (χ0n) is 12.4. The third-order valence-electron chi connectivity index (χ3n) is 5.35. The Bertz CT molecular complexity index is 787. The van der Waals surface area contributed by atoms with Gasteiger partial charge in [-0.25, -0.2) is 0 Å². The van der Waals surface area contributed by atoms with Crippen molar-refractivity contribution in [1.29, 1.82) is 15.8 Å². The second kappa shape index (κ2) is 4.56. The number of fused-ring (bicyclic) bond motifs is 2. The summed E-state index contributed by atoms with van der Waals surface area (Å²) in [5, 5.41) is 42.6. The molecule has 2 fully saturated rings. The summed E-state index contributed by atoms with van der Waals surface area (Å²) in [6.07, 6.45) is -0.263. The van der Waals surface area contributed by atoms with Crippen LogP contribution in [0.3, 0.4) is 0 Å². The molecular formula is C17H14N4O2. The lowest BCUT2D eigenvalue weighted by atomic mass is 9.49. The lowest BCUT2D eigenvalue weighted by Gasteiger charge is -2.48.